The van der Waals surface area contributed by atoms with E-state index in [1.165, 1.54) is 5.56 Å². The fraction of sp³-hybridized carbons (Fsp3) is 0.440. The minimum Gasteiger partial charge on any atom is -0.340 e. The lowest BCUT2D eigenvalue weighted by Crippen LogP contribution is -2.49. The van der Waals surface area contributed by atoms with Crippen molar-refractivity contribution in [3.05, 3.63) is 70.2 Å². The van der Waals surface area contributed by atoms with E-state index >= 15 is 0 Å². The zero-order valence-electron chi connectivity index (χ0n) is 18.5. The molecule has 3 rings (SSSR count). The molecule has 1 saturated heterocycles. The second-order valence-corrected chi connectivity index (χ2v) is 9.07. The standard InChI is InChI=1S/C25H32BrN3O2/c1-3-20(2)29(25(31)22-9-11-23(26)12-10-22)14-13-24(30)28-17-15-27(16-18-28)19-21-7-5-4-6-8-21/h4-12,20H,3,13-19H2,1-2H3. The summed E-state index contributed by atoms with van der Waals surface area (Å²) in [5, 5.41) is 0. The average Bonchev–Trinajstić information content (AvgIpc) is 2.80. The number of piperazine rings is 1. The maximum Gasteiger partial charge on any atom is 0.254 e. The second-order valence-electron chi connectivity index (χ2n) is 8.16. The van der Waals surface area contributed by atoms with Crippen LogP contribution in [0, 0.1) is 0 Å². The fourth-order valence-electron chi connectivity index (χ4n) is 3.87. The van der Waals surface area contributed by atoms with Gasteiger partial charge in [0.25, 0.3) is 5.91 Å². The van der Waals surface area contributed by atoms with Crippen molar-refractivity contribution in [2.75, 3.05) is 32.7 Å². The minimum absolute atomic E-state index is 0.0117. The molecule has 31 heavy (non-hydrogen) atoms. The molecule has 166 valence electrons. The number of nitrogens with zero attached hydrogens (tertiary/aromatic N) is 3. The summed E-state index contributed by atoms with van der Waals surface area (Å²) in [5.41, 5.74) is 1.96. The van der Waals surface area contributed by atoms with E-state index in [0.717, 1.165) is 43.6 Å². The van der Waals surface area contributed by atoms with Crippen molar-refractivity contribution in [1.82, 2.24) is 14.7 Å². The molecule has 1 unspecified atom stereocenters. The molecule has 0 aliphatic carbocycles. The normalized spacial score (nSPS) is 15.5. The van der Waals surface area contributed by atoms with Gasteiger partial charge in [0.1, 0.15) is 0 Å². The van der Waals surface area contributed by atoms with Crippen molar-refractivity contribution >= 4 is 27.7 Å². The molecule has 1 aliphatic heterocycles. The molecule has 0 saturated carbocycles. The van der Waals surface area contributed by atoms with E-state index in [4.69, 9.17) is 0 Å². The van der Waals surface area contributed by atoms with Gasteiger partial charge in [-0.2, -0.15) is 0 Å². The Bertz CT molecular complexity index is 849. The molecule has 0 N–H and O–H groups in total. The number of hydrogen-bond donors (Lipinski definition) is 0. The van der Waals surface area contributed by atoms with Crippen LogP contribution in [0.15, 0.2) is 59.1 Å². The van der Waals surface area contributed by atoms with Crippen LogP contribution in [0.3, 0.4) is 0 Å². The van der Waals surface area contributed by atoms with E-state index in [-0.39, 0.29) is 17.9 Å². The SMILES string of the molecule is CCC(C)N(CCC(=O)N1CCN(Cc2ccccc2)CC1)C(=O)c1ccc(Br)cc1. The van der Waals surface area contributed by atoms with Crippen molar-refractivity contribution in [2.45, 2.75) is 39.3 Å². The van der Waals surface area contributed by atoms with Gasteiger partial charge in [0.05, 0.1) is 0 Å². The van der Waals surface area contributed by atoms with Crippen molar-refractivity contribution in [2.24, 2.45) is 0 Å². The summed E-state index contributed by atoms with van der Waals surface area (Å²) in [4.78, 5) is 32.1. The molecule has 1 fully saturated rings. The highest BCUT2D eigenvalue weighted by Gasteiger charge is 2.25. The Labute approximate surface area is 194 Å². The van der Waals surface area contributed by atoms with Gasteiger partial charge >= 0.3 is 0 Å². The zero-order valence-corrected chi connectivity index (χ0v) is 20.1. The maximum atomic E-state index is 13.0. The molecule has 0 radical (unpaired) electrons. The van der Waals surface area contributed by atoms with Crippen molar-refractivity contribution in [3.63, 3.8) is 0 Å². The molecule has 2 aromatic carbocycles. The van der Waals surface area contributed by atoms with Crippen LogP contribution in [0.1, 0.15) is 42.6 Å². The monoisotopic (exact) mass is 485 g/mol. The first-order chi connectivity index (χ1) is 15.0. The maximum absolute atomic E-state index is 13.0. The third kappa shape index (κ3) is 6.65. The minimum atomic E-state index is -0.0117. The van der Waals surface area contributed by atoms with Gasteiger partial charge in [-0.3, -0.25) is 14.5 Å². The van der Waals surface area contributed by atoms with E-state index in [9.17, 15) is 9.59 Å². The van der Waals surface area contributed by atoms with Crippen LogP contribution in [-0.4, -0.2) is 65.3 Å². The number of carbonyl (C=O) groups is 2. The number of rotatable bonds is 8. The topological polar surface area (TPSA) is 43.9 Å². The lowest BCUT2D eigenvalue weighted by Gasteiger charge is -2.35. The zero-order chi connectivity index (χ0) is 22.2. The summed E-state index contributed by atoms with van der Waals surface area (Å²) in [6.07, 6.45) is 1.22. The van der Waals surface area contributed by atoms with E-state index in [0.29, 0.717) is 18.5 Å². The van der Waals surface area contributed by atoms with Crippen molar-refractivity contribution < 1.29 is 9.59 Å². The number of benzene rings is 2. The summed E-state index contributed by atoms with van der Waals surface area (Å²) in [7, 11) is 0. The molecule has 2 amide bonds. The number of carbonyl (C=O) groups excluding carboxylic acids is 2. The number of hydrogen-bond acceptors (Lipinski definition) is 3. The Hall–Kier alpha value is -2.18. The first-order valence-electron chi connectivity index (χ1n) is 11.1. The summed E-state index contributed by atoms with van der Waals surface area (Å²) in [6, 6.07) is 17.9. The van der Waals surface area contributed by atoms with Gasteiger partial charge in [-0.05, 0) is 43.2 Å². The van der Waals surface area contributed by atoms with Crippen LogP contribution in [0.25, 0.3) is 0 Å². The first kappa shape index (κ1) is 23.5. The molecule has 1 heterocycles. The fourth-order valence-corrected chi connectivity index (χ4v) is 4.14. The summed E-state index contributed by atoms with van der Waals surface area (Å²) in [5.74, 6) is 0.124. The van der Waals surface area contributed by atoms with Crippen LogP contribution in [0.2, 0.25) is 0 Å². The molecule has 0 aromatic heterocycles. The number of halogens is 1. The smallest absolute Gasteiger partial charge is 0.254 e. The molecule has 0 bridgehead atoms. The van der Waals surface area contributed by atoms with Gasteiger partial charge in [0.15, 0.2) is 0 Å². The molecule has 1 aliphatic rings. The highest BCUT2D eigenvalue weighted by atomic mass is 79.9. The highest BCUT2D eigenvalue weighted by molar-refractivity contribution is 9.10. The molecule has 2 aromatic rings. The van der Waals surface area contributed by atoms with E-state index in [2.05, 4.69) is 52.0 Å². The number of amides is 2. The van der Waals surface area contributed by atoms with Crippen LogP contribution in [-0.2, 0) is 11.3 Å². The largest absolute Gasteiger partial charge is 0.340 e. The molecule has 5 nitrogen and oxygen atoms in total. The molecular weight excluding hydrogens is 454 g/mol. The third-order valence-corrected chi connectivity index (χ3v) is 6.54. The predicted octanol–water partition coefficient (Wildman–Crippen LogP) is 4.42. The Kier molecular flexibility index (Phi) is 8.67. The van der Waals surface area contributed by atoms with Gasteiger partial charge < -0.3 is 9.80 Å². The lowest BCUT2D eigenvalue weighted by molar-refractivity contribution is -0.133. The van der Waals surface area contributed by atoms with Gasteiger partial charge in [-0.25, -0.2) is 0 Å². The summed E-state index contributed by atoms with van der Waals surface area (Å²) in [6.45, 7) is 8.75. The Balaban J connectivity index is 1.51. The summed E-state index contributed by atoms with van der Waals surface area (Å²) < 4.78 is 0.945. The van der Waals surface area contributed by atoms with Gasteiger partial charge in [0.2, 0.25) is 5.91 Å². The second kappa shape index (κ2) is 11.4. The van der Waals surface area contributed by atoms with Gasteiger partial charge in [0, 0.05) is 61.8 Å². The quantitative estimate of drug-likeness (QED) is 0.555. The van der Waals surface area contributed by atoms with Crippen LogP contribution in [0.4, 0.5) is 0 Å². The summed E-state index contributed by atoms with van der Waals surface area (Å²) >= 11 is 3.41. The van der Waals surface area contributed by atoms with Gasteiger partial charge in [-0.1, -0.05) is 53.2 Å². The molecule has 1 atom stereocenters. The van der Waals surface area contributed by atoms with E-state index in [1.54, 1.807) is 0 Å². The Morgan fingerprint density at radius 2 is 1.65 bits per heavy atom. The Morgan fingerprint density at radius 3 is 2.26 bits per heavy atom. The van der Waals surface area contributed by atoms with E-state index in [1.807, 2.05) is 47.1 Å². The predicted molar refractivity (Wildman–Crippen MR) is 128 cm³/mol. The lowest BCUT2D eigenvalue weighted by atomic mass is 10.1. The molecule has 0 spiro atoms. The van der Waals surface area contributed by atoms with Crippen molar-refractivity contribution in [1.29, 1.82) is 0 Å². The molecular formula is C25H32BrN3O2. The molecule has 6 heteroatoms. The average molecular weight is 486 g/mol. The highest BCUT2D eigenvalue weighted by Crippen LogP contribution is 2.16. The van der Waals surface area contributed by atoms with Crippen molar-refractivity contribution in [3.8, 4) is 0 Å². The Morgan fingerprint density at radius 1 is 1.00 bits per heavy atom. The van der Waals surface area contributed by atoms with Gasteiger partial charge in [-0.15, -0.1) is 0 Å². The van der Waals surface area contributed by atoms with Crippen LogP contribution < -0.4 is 0 Å². The first-order valence-corrected chi connectivity index (χ1v) is 11.9. The third-order valence-electron chi connectivity index (χ3n) is 6.02. The van der Waals surface area contributed by atoms with E-state index < -0.39 is 0 Å². The van der Waals surface area contributed by atoms with Crippen LogP contribution in [0.5, 0.6) is 0 Å². The van der Waals surface area contributed by atoms with Crippen LogP contribution >= 0.6 is 15.9 Å².